The van der Waals surface area contributed by atoms with Gasteiger partial charge in [0.15, 0.2) is 6.61 Å². The minimum atomic E-state index is -0.387. The fourth-order valence-corrected chi connectivity index (χ4v) is 3.54. The van der Waals surface area contributed by atoms with Crippen LogP contribution in [0.15, 0.2) is 53.4 Å². The standard InChI is InChI=1S/C21H21NO3S/c1-14-10-19(15(2)22(14)3)20(23)12-25-21(24)13-26-18-9-8-16-6-4-5-7-17(16)11-18/h4-11H,12-13H2,1-3H3. The number of hydrogen-bond donors (Lipinski definition) is 0. The zero-order valence-electron chi connectivity index (χ0n) is 15.1. The van der Waals surface area contributed by atoms with Gasteiger partial charge in [-0.25, -0.2) is 0 Å². The number of carbonyl (C=O) groups is 2. The van der Waals surface area contributed by atoms with Crippen molar-refractivity contribution in [2.45, 2.75) is 18.7 Å². The van der Waals surface area contributed by atoms with E-state index in [-0.39, 0.29) is 24.1 Å². The van der Waals surface area contributed by atoms with E-state index in [9.17, 15) is 9.59 Å². The normalized spacial score (nSPS) is 10.9. The Morgan fingerprint density at radius 3 is 2.46 bits per heavy atom. The van der Waals surface area contributed by atoms with E-state index in [0.717, 1.165) is 21.7 Å². The number of esters is 1. The molecule has 0 bridgehead atoms. The summed E-state index contributed by atoms with van der Waals surface area (Å²) in [6.45, 7) is 3.61. The third-order valence-electron chi connectivity index (χ3n) is 4.52. The second-order valence-electron chi connectivity index (χ2n) is 6.23. The molecule has 26 heavy (non-hydrogen) atoms. The minimum absolute atomic E-state index is 0.171. The Hall–Kier alpha value is -2.53. The number of nitrogens with zero attached hydrogens (tertiary/aromatic N) is 1. The van der Waals surface area contributed by atoms with Gasteiger partial charge in [0, 0.05) is 28.9 Å². The highest BCUT2D eigenvalue weighted by atomic mass is 32.2. The summed E-state index contributed by atoms with van der Waals surface area (Å²) in [6, 6.07) is 16.0. The summed E-state index contributed by atoms with van der Waals surface area (Å²) in [5.41, 5.74) is 2.50. The molecule has 0 radical (unpaired) electrons. The lowest BCUT2D eigenvalue weighted by molar-refractivity contribution is -0.139. The van der Waals surface area contributed by atoms with Crippen LogP contribution in [0.1, 0.15) is 21.7 Å². The lowest BCUT2D eigenvalue weighted by Gasteiger charge is -2.06. The third kappa shape index (κ3) is 3.99. The van der Waals surface area contributed by atoms with Gasteiger partial charge < -0.3 is 9.30 Å². The number of thioether (sulfide) groups is 1. The maximum atomic E-state index is 12.3. The van der Waals surface area contributed by atoms with Gasteiger partial charge in [0.25, 0.3) is 0 Å². The molecule has 5 heteroatoms. The topological polar surface area (TPSA) is 48.3 Å². The van der Waals surface area contributed by atoms with Gasteiger partial charge in [-0.1, -0.05) is 30.3 Å². The molecular weight excluding hydrogens is 346 g/mol. The summed E-state index contributed by atoms with van der Waals surface area (Å²) < 4.78 is 7.10. The van der Waals surface area contributed by atoms with Crippen molar-refractivity contribution < 1.29 is 14.3 Å². The summed E-state index contributed by atoms with van der Waals surface area (Å²) in [5, 5.41) is 2.30. The molecule has 4 nitrogen and oxygen atoms in total. The minimum Gasteiger partial charge on any atom is -0.457 e. The Kier molecular flexibility index (Phi) is 5.47. The Labute approximate surface area is 157 Å². The number of aryl methyl sites for hydroxylation is 1. The first-order chi connectivity index (χ1) is 12.5. The maximum absolute atomic E-state index is 12.3. The molecule has 134 valence electrons. The summed E-state index contributed by atoms with van der Waals surface area (Å²) in [6.07, 6.45) is 0. The Bertz CT molecular complexity index is 975. The highest BCUT2D eigenvalue weighted by Crippen LogP contribution is 2.23. The van der Waals surface area contributed by atoms with E-state index in [1.165, 1.54) is 17.1 Å². The van der Waals surface area contributed by atoms with Gasteiger partial charge in [-0.2, -0.15) is 0 Å². The molecule has 3 rings (SSSR count). The quantitative estimate of drug-likeness (QED) is 0.370. The van der Waals surface area contributed by atoms with Crippen molar-refractivity contribution in [3.8, 4) is 0 Å². The predicted molar refractivity (Wildman–Crippen MR) is 105 cm³/mol. The number of rotatable bonds is 6. The highest BCUT2D eigenvalue weighted by Gasteiger charge is 2.16. The number of ether oxygens (including phenoxy) is 1. The SMILES string of the molecule is Cc1cc(C(=O)COC(=O)CSc2ccc3ccccc3c2)c(C)n1C. The average molecular weight is 367 g/mol. The summed E-state index contributed by atoms with van der Waals surface area (Å²) >= 11 is 1.41. The van der Waals surface area contributed by atoms with Crippen LogP contribution in [0.2, 0.25) is 0 Å². The number of carbonyl (C=O) groups excluding carboxylic acids is 2. The van der Waals surface area contributed by atoms with Gasteiger partial charge in [-0.3, -0.25) is 9.59 Å². The van der Waals surface area contributed by atoms with Gasteiger partial charge in [-0.05, 0) is 42.8 Å². The lowest BCUT2D eigenvalue weighted by Crippen LogP contribution is -2.16. The molecule has 0 aliphatic heterocycles. The molecule has 1 heterocycles. The van der Waals surface area contributed by atoms with Crippen molar-refractivity contribution in [2.75, 3.05) is 12.4 Å². The summed E-state index contributed by atoms with van der Waals surface area (Å²) in [4.78, 5) is 25.2. The van der Waals surface area contributed by atoms with Crippen LogP contribution in [0.3, 0.4) is 0 Å². The maximum Gasteiger partial charge on any atom is 0.316 e. The number of aromatic nitrogens is 1. The molecule has 3 aromatic rings. The van der Waals surface area contributed by atoms with Crippen molar-refractivity contribution in [1.29, 1.82) is 0 Å². The molecule has 0 amide bonds. The number of ketones is 1. The largest absolute Gasteiger partial charge is 0.457 e. The second-order valence-corrected chi connectivity index (χ2v) is 7.27. The first kappa shape index (κ1) is 18.3. The van der Waals surface area contributed by atoms with Gasteiger partial charge in [0.2, 0.25) is 5.78 Å². The number of benzene rings is 2. The van der Waals surface area contributed by atoms with Gasteiger partial charge in [-0.15, -0.1) is 11.8 Å². The van der Waals surface area contributed by atoms with Crippen LogP contribution in [0, 0.1) is 13.8 Å². The summed E-state index contributed by atoms with van der Waals surface area (Å²) in [5.74, 6) is -0.379. The zero-order valence-corrected chi connectivity index (χ0v) is 15.9. The zero-order chi connectivity index (χ0) is 18.7. The number of Topliss-reactive ketones (excluding diaryl/α,β-unsaturated/α-hetero) is 1. The smallest absolute Gasteiger partial charge is 0.316 e. The molecular formula is C21H21NO3S. The van der Waals surface area contributed by atoms with Crippen molar-refractivity contribution in [3.63, 3.8) is 0 Å². The molecule has 0 saturated carbocycles. The molecule has 0 atom stereocenters. The number of hydrogen-bond acceptors (Lipinski definition) is 4. The fraction of sp³-hybridized carbons (Fsp3) is 0.238. The Morgan fingerprint density at radius 1 is 1.04 bits per heavy atom. The van der Waals surface area contributed by atoms with Gasteiger partial charge in [0.1, 0.15) is 0 Å². The van der Waals surface area contributed by atoms with Crippen molar-refractivity contribution >= 4 is 34.3 Å². The molecule has 0 aliphatic rings. The monoisotopic (exact) mass is 367 g/mol. The van der Waals surface area contributed by atoms with Gasteiger partial charge >= 0.3 is 5.97 Å². The first-order valence-electron chi connectivity index (χ1n) is 8.39. The van der Waals surface area contributed by atoms with E-state index in [1.54, 1.807) is 0 Å². The highest BCUT2D eigenvalue weighted by molar-refractivity contribution is 8.00. The van der Waals surface area contributed by atoms with E-state index in [1.807, 2.05) is 61.9 Å². The third-order valence-corrected chi connectivity index (χ3v) is 5.48. The Balaban J connectivity index is 1.53. The first-order valence-corrected chi connectivity index (χ1v) is 9.37. The van der Waals surface area contributed by atoms with Crippen LogP contribution < -0.4 is 0 Å². The van der Waals surface area contributed by atoms with Crippen molar-refractivity contribution in [1.82, 2.24) is 4.57 Å². The van der Waals surface area contributed by atoms with E-state index >= 15 is 0 Å². The van der Waals surface area contributed by atoms with Gasteiger partial charge in [0.05, 0.1) is 5.75 Å². The van der Waals surface area contributed by atoms with E-state index in [0.29, 0.717) is 5.56 Å². The van der Waals surface area contributed by atoms with E-state index in [2.05, 4.69) is 12.1 Å². The number of fused-ring (bicyclic) bond motifs is 1. The molecule has 1 aromatic heterocycles. The van der Waals surface area contributed by atoms with Crippen molar-refractivity contribution in [2.24, 2.45) is 7.05 Å². The average Bonchev–Trinajstić information content (AvgIpc) is 2.91. The van der Waals surface area contributed by atoms with Crippen LogP contribution >= 0.6 is 11.8 Å². The van der Waals surface area contributed by atoms with Crippen LogP contribution in [-0.2, 0) is 16.6 Å². The van der Waals surface area contributed by atoms with Crippen LogP contribution in [0.4, 0.5) is 0 Å². The fourth-order valence-electron chi connectivity index (χ4n) is 2.80. The molecule has 0 aliphatic carbocycles. The molecule has 0 unspecified atom stereocenters. The summed E-state index contributed by atoms with van der Waals surface area (Å²) in [7, 11) is 1.91. The molecule has 0 saturated heterocycles. The van der Waals surface area contributed by atoms with Crippen LogP contribution in [-0.4, -0.2) is 28.7 Å². The van der Waals surface area contributed by atoms with Crippen LogP contribution in [0.5, 0.6) is 0 Å². The molecule has 2 aromatic carbocycles. The van der Waals surface area contributed by atoms with Crippen LogP contribution in [0.25, 0.3) is 10.8 Å². The van der Waals surface area contributed by atoms with E-state index in [4.69, 9.17) is 4.74 Å². The second kappa shape index (κ2) is 7.79. The predicted octanol–water partition coefficient (Wildman–Crippen LogP) is 4.31. The lowest BCUT2D eigenvalue weighted by atomic mass is 10.1. The molecule has 0 fully saturated rings. The molecule has 0 N–H and O–H groups in total. The molecule has 0 spiro atoms. The van der Waals surface area contributed by atoms with E-state index < -0.39 is 0 Å². The van der Waals surface area contributed by atoms with Crippen molar-refractivity contribution in [3.05, 3.63) is 65.5 Å². The Morgan fingerprint density at radius 2 is 1.77 bits per heavy atom.